The van der Waals surface area contributed by atoms with Gasteiger partial charge in [-0.1, -0.05) is 30.3 Å². The van der Waals surface area contributed by atoms with Crippen LogP contribution in [0.5, 0.6) is 5.75 Å². The Morgan fingerprint density at radius 2 is 1.77 bits per heavy atom. The number of ether oxygens (including phenoxy) is 1. The number of nitrogens with zero attached hydrogens (tertiary/aromatic N) is 1. The van der Waals surface area contributed by atoms with E-state index in [1.54, 1.807) is 7.11 Å². The van der Waals surface area contributed by atoms with E-state index in [1.807, 2.05) is 54.8 Å². The number of methoxy groups -OCH3 is 1. The average molecular weight is 293 g/mol. The van der Waals surface area contributed by atoms with Crippen molar-refractivity contribution in [2.75, 3.05) is 7.11 Å². The van der Waals surface area contributed by atoms with Crippen molar-refractivity contribution in [3.05, 3.63) is 64.6 Å². The topological polar surface area (TPSA) is 31.2 Å². The van der Waals surface area contributed by atoms with E-state index in [0.717, 1.165) is 33.3 Å². The molecule has 0 fully saturated rings. The highest BCUT2D eigenvalue weighted by Crippen LogP contribution is 2.32. The van der Waals surface area contributed by atoms with Crippen molar-refractivity contribution in [2.24, 2.45) is 0 Å². The summed E-state index contributed by atoms with van der Waals surface area (Å²) in [6, 6.07) is 15.8. The summed E-state index contributed by atoms with van der Waals surface area (Å²) >= 11 is 0. The predicted octanol–water partition coefficient (Wildman–Crippen LogP) is 4.01. The average Bonchev–Trinajstić information content (AvgIpc) is 2.56. The van der Waals surface area contributed by atoms with Crippen molar-refractivity contribution in [1.82, 2.24) is 4.57 Å². The molecule has 0 bridgehead atoms. The van der Waals surface area contributed by atoms with Gasteiger partial charge >= 0.3 is 0 Å². The van der Waals surface area contributed by atoms with Crippen LogP contribution in [0.4, 0.5) is 0 Å². The van der Waals surface area contributed by atoms with Crippen molar-refractivity contribution < 1.29 is 4.74 Å². The first kappa shape index (κ1) is 14.4. The first-order chi connectivity index (χ1) is 10.7. The SMILES string of the molecule is CCn1c(C)c(-c2ccccc2)c2cc(OC)ccc2c1=O. The van der Waals surface area contributed by atoms with Gasteiger partial charge in [0.2, 0.25) is 0 Å². The lowest BCUT2D eigenvalue weighted by atomic mass is 9.97. The highest BCUT2D eigenvalue weighted by molar-refractivity contribution is 5.98. The van der Waals surface area contributed by atoms with Crippen LogP contribution in [0.1, 0.15) is 12.6 Å². The largest absolute Gasteiger partial charge is 0.497 e. The summed E-state index contributed by atoms with van der Waals surface area (Å²) < 4.78 is 7.17. The van der Waals surface area contributed by atoms with Gasteiger partial charge in [-0.15, -0.1) is 0 Å². The third-order valence-corrected chi connectivity index (χ3v) is 4.12. The van der Waals surface area contributed by atoms with E-state index in [2.05, 4.69) is 12.1 Å². The zero-order chi connectivity index (χ0) is 15.7. The van der Waals surface area contributed by atoms with Crippen molar-refractivity contribution in [1.29, 1.82) is 0 Å². The molecule has 0 saturated carbocycles. The Hall–Kier alpha value is -2.55. The standard InChI is InChI=1S/C19H19NO2/c1-4-20-13(2)18(14-8-6-5-7-9-14)17-12-15(22-3)10-11-16(17)19(20)21/h5-12H,4H2,1-3H3. The minimum atomic E-state index is 0.0531. The maximum atomic E-state index is 12.7. The molecule has 3 rings (SSSR count). The highest BCUT2D eigenvalue weighted by Gasteiger charge is 2.15. The fraction of sp³-hybridized carbons (Fsp3) is 0.211. The number of fused-ring (bicyclic) bond motifs is 1. The summed E-state index contributed by atoms with van der Waals surface area (Å²) in [5, 5.41) is 1.67. The number of pyridine rings is 1. The molecule has 112 valence electrons. The molecule has 0 unspecified atom stereocenters. The van der Waals surface area contributed by atoms with E-state index in [-0.39, 0.29) is 5.56 Å². The lowest BCUT2D eigenvalue weighted by Gasteiger charge is -2.17. The second-order valence-electron chi connectivity index (χ2n) is 5.29. The molecule has 0 aliphatic carbocycles. The number of aromatic nitrogens is 1. The smallest absolute Gasteiger partial charge is 0.258 e. The van der Waals surface area contributed by atoms with E-state index in [9.17, 15) is 4.79 Å². The van der Waals surface area contributed by atoms with Crippen LogP contribution in [-0.4, -0.2) is 11.7 Å². The molecule has 3 heteroatoms. The Kier molecular flexibility index (Phi) is 3.72. The Morgan fingerprint density at radius 1 is 1.05 bits per heavy atom. The molecule has 2 aromatic carbocycles. The van der Waals surface area contributed by atoms with Crippen molar-refractivity contribution in [3.8, 4) is 16.9 Å². The molecular formula is C19H19NO2. The summed E-state index contributed by atoms with van der Waals surface area (Å²) in [5.41, 5.74) is 3.24. The molecule has 0 N–H and O–H groups in total. The first-order valence-electron chi connectivity index (χ1n) is 7.44. The van der Waals surface area contributed by atoms with Gasteiger partial charge < -0.3 is 9.30 Å². The summed E-state index contributed by atoms with van der Waals surface area (Å²) in [6.07, 6.45) is 0. The van der Waals surface area contributed by atoms with Gasteiger partial charge in [-0.2, -0.15) is 0 Å². The van der Waals surface area contributed by atoms with Gasteiger partial charge in [-0.25, -0.2) is 0 Å². The van der Waals surface area contributed by atoms with Crippen LogP contribution in [0.2, 0.25) is 0 Å². The molecule has 1 heterocycles. The summed E-state index contributed by atoms with van der Waals surface area (Å²) in [7, 11) is 1.64. The highest BCUT2D eigenvalue weighted by atomic mass is 16.5. The number of rotatable bonds is 3. The van der Waals surface area contributed by atoms with Crippen LogP contribution in [0.3, 0.4) is 0 Å². The zero-order valence-electron chi connectivity index (χ0n) is 13.1. The van der Waals surface area contributed by atoms with Crippen LogP contribution in [-0.2, 0) is 6.54 Å². The van der Waals surface area contributed by atoms with Crippen LogP contribution in [0.15, 0.2) is 53.3 Å². The third-order valence-electron chi connectivity index (χ3n) is 4.12. The summed E-state index contributed by atoms with van der Waals surface area (Å²) in [5.74, 6) is 0.762. The van der Waals surface area contributed by atoms with E-state index in [1.165, 1.54) is 0 Å². The molecule has 22 heavy (non-hydrogen) atoms. The second-order valence-corrected chi connectivity index (χ2v) is 5.29. The molecule has 3 aromatic rings. The van der Waals surface area contributed by atoms with Crippen LogP contribution < -0.4 is 10.3 Å². The van der Waals surface area contributed by atoms with Crippen molar-refractivity contribution >= 4 is 10.8 Å². The molecule has 1 aromatic heterocycles. The lowest BCUT2D eigenvalue weighted by molar-refractivity contribution is 0.415. The lowest BCUT2D eigenvalue weighted by Crippen LogP contribution is -2.22. The van der Waals surface area contributed by atoms with Gasteiger partial charge in [0.25, 0.3) is 5.56 Å². The third kappa shape index (κ3) is 2.19. The maximum Gasteiger partial charge on any atom is 0.258 e. The quantitative estimate of drug-likeness (QED) is 0.730. The number of hydrogen-bond donors (Lipinski definition) is 0. The van der Waals surface area contributed by atoms with E-state index < -0.39 is 0 Å². The Morgan fingerprint density at radius 3 is 2.41 bits per heavy atom. The molecule has 3 nitrogen and oxygen atoms in total. The van der Waals surface area contributed by atoms with Gasteiger partial charge in [0.15, 0.2) is 0 Å². The van der Waals surface area contributed by atoms with E-state index in [0.29, 0.717) is 6.54 Å². The molecule has 0 aliphatic rings. The first-order valence-corrected chi connectivity index (χ1v) is 7.44. The van der Waals surface area contributed by atoms with Crippen LogP contribution in [0, 0.1) is 6.92 Å². The monoisotopic (exact) mass is 293 g/mol. The number of benzene rings is 2. The zero-order valence-corrected chi connectivity index (χ0v) is 13.1. The minimum Gasteiger partial charge on any atom is -0.497 e. The Labute approximate surface area is 129 Å². The van der Waals surface area contributed by atoms with Gasteiger partial charge in [-0.3, -0.25) is 4.79 Å². The molecule has 0 spiro atoms. The Balaban J connectivity index is 2.49. The van der Waals surface area contributed by atoms with Gasteiger partial charge in [0.05, 0.1) is 7.11 Å². The second kappa shape index (κ2) is 5.68. The minimum absolute atomic E-state index is 0.0531. The molecule has 0 aliphatic heterocycles. The Bertz CT molecular complexity index is 879. The summed E-state index contributed by atoms with van der Waals surface area (Å²) in [4.78, 5) is 12.7. The number of hydrogen-bond acceptors (Lipinski definition) is 2. The van der Waals surface area contributed by atoms with Gasteiger partial charge in [0.1, 0.15) is 5.75 Å². The molecule has 0 radical (unpaired) electrons. The van der Waals surface area contributed by atoms with Crippen molar-refractivity contribution in [2.45, 2.75) is 20.4 Å². The van der Waals surface area contributed by atoms with Crippen molar-refractivity contribution in [3.63, 3.8) is 0 Å². The molecular weight excluding hydrogens is 274 g/mol. The maximum absolute atomic E-state index is 12.7. The van der Waals surface area contributed by atoms with Gasteiger partial charge in [0, 0.05) is 28.6 Å². The van der Waals surface area contributed by atoms with Gasteiger partial charge in [-0.05, 0) is 37.6 Å². The van der Waals surface area contributed by atoms with Crippen LogP contribution >= 0.6 is 0 Å². The van der Waals surface area contributed by atoms with E-state index >= 15 is 0 Å². The normalized spacial score (nSPS) is 10.9. The molecule has 0 amide bonds. The summed E-state index contributed by atoms with van der Waals surface area (Å²) in [6.45, 7) is 4.66. The molecule has 0 atom stereocenters. The fourth-order valence-electron chi connectivity index (χ4n) is 3.02. The van der Waals surface area contributed by atoms with E-state index in [4.69, 9.17) is 4.74 Å². The predicted molar refractivity (Wildman–Crippen MR) is 90.6 cm³/mol. The molecule has 0 saturated heterocycles. The fourth-order valence-corrected chi connectivity index (χ4v) is 3.02. The van der Waals surface area contributed by atoms with Crippen LogP contribution in [0.25, 0.3) is 21.9 Å².